The second-order valence-electron chi connectivity index (χ2n) is 5.57. The van der Waals surface area contributed by atoms with Gasteiger partial charge in [0.25, 0.3) is 11.6 Å². The zero-order valence-electron chi connectivity index (χ0n) is 14.4. The van der Waals surface area contributed by atoms with Crippen LogP contribution in [0.2, 0.25) is 0 Å². The van der Waals surface area contributed by atoms with E-state index in [0.717, 1.165) is 0 Å². The maximum absolute atomic E-state index is 12.3. The van der Waals surface area contributed by atoms with Crippen molar-refractivity contribution in [1.29, 1.82) is 0 Å². The minimum atomic E-state index is -0.693. The Morgan fingerprint density at radius 2 is 1.86 bits per heavy atom. The van der Waals surface area contributed by atoms with Gasteiger partial charge in [0.1, 0.15) is 5.70 Å². The lowest BCUT2D eigenvalue weighted by Gasteiger charge is -2.10. The highest BCUT2D eigenvalue weighted by Crippen LogP contribution is 2.30. The smallest absolute Gasteiger partial charge is 0.343 e. The predicted octanol–water partition coefficient (Wildman–Crippen LogP) is 2.17. The number of nitrogens with one attached hydrogen (secondary N) is 2. The summed E-state index contributed by atoms with van der Waals surface area (Å²) in [6.45, 7) is 0. The summed E-state index contributed by atoms with van der Waals surface area (Å²) in [5.41, 5.74) is 0.923. The molecule has 2 aromatic rings. The maximum atomic E-state index is 12.3. The van der Waals surface area contributed by atoms with Crippen molar-refractivity contribution in [2.24, 2.45) is 0 Å². The molecule has 1 heterocycles. The largest absolute Gasteiger partial charge is 0.493 e. The van der Waals surface area contributed by atoms with Crippen molar-refractivity contribution in [3.8, 4) is 11.5 Å². The van der Waals surface area contributed by atoms with E-state index in [1.165, 1.54) is 37.4 Å². The van der Waals surface area contributed by atoms with Crippen LogP contribution in [0.25, 0.3) is 6.08 Å². The summed E-state index contributed by atoms with van der Waals surface area (Å²) in [6, 6.07) is 9.77. The molecule has 0 aromatic heterocycles. The first kappa shape index (κ1) is 19.0. The first-order valence-corrected chi connectivity index (χ1v) is 8.27. The molecular weight excluding hydrogens is 386 g/mol. The molecule has 1 aliphatic heterocycles. The number of hydrogen-bond donors (Lipinski definition) is 2. The van der Waals surface area contributed by atoms with Gasteiger partial charge in [-0.1, -0.05) is 6.07 Å². The third-order valence-corrected chi connectivity index (χ3v) is 3.94. The maximum Gasteiger partial charge on any atom is 0.343 e. The van der Waals surface area contributed by atoms with Crippen molar-refractivity contribution in [1.82, 2.24) is 10.6 Å². The van der Waals surface area contributed by atoms with Crippen LogP contribution in [0.3, 0.4) is 0 Å². The molecule has 0 saturated carbocycles. The van der Waals surface area contributed by atoms with Crippen molar-refractivity contribution < 1.29 is 24.0 Å². The number of methoxy groups -OCH3 is 1. The minimum absolute atomic E-state index is 0.129. The second kappa shape index (κ2) is 7.84. The molecule has 0 atom stereocenters. The normalized spacial score (nSPS) is 14.4. The van der Waals surface area contributed by atoms with Crippen molar-refractivity contribution in [3.63, 3.8) is 0 Å². The van der Waals surface area contributed by atoms with Crippen LogP contribution in [-0.4, -0.2) is 29.0 Å². The van der Waals surface area contributed by atoms with Crippen LogP contribution >= 0.6 is 12.2 Å². The number of esters is 1. The highest BCUT2D eigenvalue weighted by Gasteiger charge is 2.20. The van der Waals surface area contributed by atoms with Crippen LogP contribution in [0.4, 0.5) is 5.69 Å². The van der Waals surface area contributed by atoms with Crippen molar-refractivity contribution >= 4 is 41.0 Å². The number of nitrogens with zero attached hydrogens (tertiary/aromatic N) is 1. The molecule has 10 heteroatoms. The molecule has 0 unspecified atom stereocenters. The van der Waals surface area contributed by atoms with Gasteiger partial charge in [0.2, 0.25) is 0 Å². The third kappa shape index (κ3) is 4.13. The standard InChI is InChI=1S/C18H13N3O6S/c1-26-15-9-10(8-13-16(22)20-18(28)19-13)2-7-14(15)27-17(23)11-3-5-12(6-4-11)21(24)25/h2-9H,1H3,(H2,19,20,22,28)/b13-8+. The van der Waals surface area contributed by atoms with E-state index in [-0.39, 0.29) is 39.5 Å². The van der Waals surface area contributed by atoms with Crippen LogP contribution in [-0.2, 0) is 4.79 Å². The highest BCUT2D eigenvalue weighted by atomic mass is 32.1. The number of nitro benzene ring substituents is 1. The summed E-state index contributed by atoms with van der Waals surface area (Å²) < 4.78 is 10.6. The van der Waals surface area contributed by atoms with Crippen molar-refractivity contribution in [2.45, 2.75) is 0 Å². The number of hydrogen-bond acceptors (Lipinski definition) is 7. The van der Waals surface area contributed by atoms with Crippen LogP contribution < -0.4 is 20.1 Å². The summed E-state index contributed by atoms with van der Waals surface area (Å²) in [6.07, 6.45) is 1.57. The Kier molecular flexibility index (Phi) is 5.32. The fraction of sp³-hybridized carbons (Fsp3) is 0.0556. The second-order valence-corrected chi connectivity index (χ2v) is 5.98. The number of nitro groups is 1. The Morgan fingerprint density at radius 3 is 2.43 bits per heavy atom. The van der Waals surface area contributed by atoms with Crippen LogP contribution in [0.15, 0.2) is 48.2 Å². The molecule has 1 aliphatic rings. The molecule has 0 aliphatic carbocycles. The molecule has 1 saturated heterocycles. The lowest BCUT2D eigenvalue weighted by atomic mass is 10.1. The molecule has 2 aromatic carbocycles. The zero-order valence-corrected chi connectivity index (χ0v) is 15.2. The molecule has 0 bridgehead atoms. The Balaban J connectivity index is 1.79. The monoisotopic (exact) mass is 399 g/mol. The Morgan fingerprint density at radius 1 is 1.14 bits per heavy atom. The first-order valence-electron chi connectivity index (χ1n) is 7.86. The summed E-state index contributed by atoms with van der Waals surface area (Å²) >= 11 is 4.87. The number of benzene rings is 2. The topological polar surface area (TPSA) is 120 Å². The lowest BCUT2D eigenvalue weighted by molar-refractivity contribution is -0.384. The summed E-state index contributed by atoms with van der Waals surface area (Å²) in [5.74, 6) is -0.614. The van der Waals surface area contributed by atoms with Gasteiger partial charge in [0, 0.05) is 12.1 Å². The van der Waals surface area contributed by atoms with Gasteiger partial charge in [-0.05, 0) is 48.1 Å². The van der Waals surface area contributed by atoms with E-state index in [1.54, 1.807) is 18.2 Å². The Labute approximate surface area is 164 Å². The predicted molar refractivity (Wildman–Crippen MR) is 103 cm³/mol. The Bertz CT molecular complexity index is 1020. The van der Waals surface area contributed by atoms with Gasteiger partial charge in [0.05, 0.1) is 17.6 Å². The van der Waals surface area contributed by atoms with Crippen LogP contribution in [0.5, 0.6) is 11.5 Å². The summed E-state index contributed by atoms with van der Waals surface area (Å²) in [7, 11) is 1.41. The molecule has 9 nitrogen and oxygen atoms in total. The van der Waals surface area contributed by atoms with E-state index < -0.39 is 10.9 Å². The number of non-ortho nitro benzene ring substituents is 1. The molecule has 2 N–H and O–H groups in total. The van der Waals surface area contributed by atoms with E-state index in [4.69, 9.17) is 21.7 Å². The van der Waals surface area contributed by atoms with Gasteiger partial charge in [0.15, 0.2) is 16.6 Å². The number of ether oxygens (including phenoxy) is 2. The number of rotatable bonds is 5. The van der Waals surface area contributed by atoms with E-state index >= 15 is 0 Å². The van der Waals surface area contributed by atoms with E-state index in [1.807, 2.05) is 0 Å². The highest BCUT2D eigenvalue weighted by molar-refractivity contribution is 7.80. The molecule has 142 valence electrons. The average Bonchev–Trinajstić information content (AvgIpc) is 2.99. The molecule has 0 spiro atoms. The van der Waals surface area contributed by atoms with Crippen LogP contribution in [0, 0.1) is 10.1 Å². The number of carbonyl (C=O) groups is 2. The van der Waals surface area contributed by atoms with Gasteiger partial charge in [-0.15, -0.1) is 0 Å². The fourth-order valence-corrected chi connectivity index (χ4v) is 2.59. The summed E-state index contributed by atoms with van der Waals surface area (Å²) in [5, 5.41) is 16.1. The third-order valence-electron chi connectivity index (χ3n) is 3.74. The average molecular weight is 399 g/mol. The van der Waals surface area contributed by atoms with E-state index in [0.29, 0.717) is 5.56 Å². The fourth-order valence-electron chi connectivity index (χ4n) is 2.39. The molecule has 1 fully saturated rings. The number of amides is 1. The van der Waals surface area contributed by atoms with Gasteiger partial charge in [-0.2, -0.15) is 0 Å². The number of carbonyl (C=O) groups excluding carboxylic acids is 2. The molecule has 28 heavy (non-hydrogen) atoms. The van der Waals surface area contributed by atoms with Gasteiger partial charge in [-0.25, -0.2) is 4.79 Å². The molecule has 0 radical (unpaired) electrons. The van der Waals surface area contributed by atoms with Crippen molar-refractivity contribution in [3.05, 3.63) is 69.4 Å². The van der Waals surface area contributed by atoms with Gasteiger partial charge >= 0.3 is 5.97 Å². The van der Waals surface area contributed by atoms with Crippen molar-refractivity contribution in [2.75, 3.05) is 7.11 Å². The SMILES string of the molecule is COc1cc(/C=C2/NC(=S)NC2=O)ccc1OC(=O)c1ccc([N+](=O)[O-])cc1. The molecule has 1 amide bonds. The van der Waals surface area contributed by atoms with Gasteiger partial charge < -0.3 is 14.8 Å². The van der Waals surface area contributed by atoms with Crippen LogP contribution in [0.1, 0.15) is 15.9 Å². The first-order chi connectivity index (χ1) is 13.4. The lowest BCUT2D eigenvalue weighted by Crippen LogP contribution is -2.21. The number of thiocarbonyl (C=S) groups is 1. The quantitative estimate of drug-likeness (QED) is 0.196. The molecule has 3 rings (SSSR count). The van der Waals surface area contributed by atoms with Gasteiger partial charge in [-0.3, -0.25) is 20.2 Å². The molecular formula is C18H13N3O6S. The zero-order chi connectivity index (χ0) is 20.3. The summed E-state index contributed by atoms with van der Waals surface area (Å²) in [4.78, 5) is 34.1. The minimum Gasteiger partial charge on any atom is -0.493 e. The Hall–Kier alpha value is -3.79. The van der Waals surface area contributed by atoms with E-state index in [2.05, 4.69) is 10.6 Å². The van der Waals surface area contributed by atoms with E-state index in [9.17, 15) is 19.7 Å².